The van der Waals surface area contributed by atoms with Crippen molar-refractivity contribution in [3.05, 3.63) is 35.4 Å². The van der Waals surface area contributed by atoms with Gasteiger partial charge in [-0.25, -0.2) is 0 Å². The minimum Gasteiger partial charge on any atom is -0.355 e. The van der Waals surface area contributed by atoms with Crippen LogP contribution < -0.4 is 5.32 Å². The minimum absolute atomic E-state index is 0.172. The topological polar surface area (TPSA) is 30.5 Å². The molecule has 96 valence electrons. The Morgan fingerprint density at radius 3 is 2.41 bits per heavy atom. The number of aryl methyl sites for hydroxylation is 1. The van der Waals surface area contributed by atoms with Gasteiger partial charge in [-0.2, -0.15) is 0 Å². The maximum Gasteiger partial charge on any atom is 0.169 e. The first kappa shape index (κ1) is 14.2. The van der Waals surface area contributed by atoms with Crippen molar-refractivity contribution in [1.29, 1.82) is 0 Å². The first-order valence-electron chi connectivity index (χ1n) is 6.00. The van der Waals surface area contributed by atoms with Crippen molar-refractivity contribution in [3.8, 4) is 0 Å². The third kappa shape index (κ3) is 4.86. The van der Waals surface area contributed by atoms with E-state index in [2.05, 4.69) is 43.4 Å². The monoisotopic (exact) mass is 237 g/mol. The Morgan fingerprint density at radius 2 is 1.82 bits per heavy atom. The second-order valence-corrected chi connectivity index (χ2v) is 4.34. The van der Waals surface area contributed by atoms with E-state index in [1.807, 2.05) is 0 Å². The summed E-state index contributed by atoms with van der Waals surface area (Å²) in [5.41, 5.74) is 2.73. The summed E-state index contributed by atoms with van der Waals surface area (Å²) in [5.74, 6) is 0. The molecule has 0 saturated heterocycles. The van der Waals surface area contributed by atoms with Crippen LogP contribution in [0.5, 0.6) is 0 Å². The highest BCUT2D eigenvalue weighted by Crippen LogP contribution is 2.09. The van der Waals surface area contributed by atoms with Gasteiger partial charge in [0, 0.05) is 26.8 Å². The number of hydrogen-bond donors (Lipinski definition) is 1. The van der Waals surface area contributed by atoms with Crippen LogP contribution in [0.3, 0.4) is 0 Å². The van der Waals surface area contributed by atoms with E-state index in [4.69, 9.17) is 9.47 Å². The molecule has 0 heterocycles. The standard InChI is InChI=1S/C14H23NO2/c1-11-7-5-6-8-13(11)9-12(2)15-10-14(16-3)17-4/h5-8,12,14-15H,9-10H2,1-4H3. The van der Waals surface area contributed by atoms with E-state index in [1.165, 1.54) is 11.1 Å². The van der Waals surface area contributed by atoms with Crippen molar-refractivity contribution in [2.45, 2.75) is 32.6 Å². The maximum atomic E-state index is 5.14. The third-order valence-electron chi connectivity index (χ3n) is 2.95. The molecule has 1 atom stereocenters. The average Bonchev–Trinajstić information content (AvgIpc) is 2.33. The van der Waals surface area contributed by atoms with Crippen molar-refractivity contribution in [2.75, 3.05) is 20.8 Å². The molecule has 3 heteroatoms. The van der Waals surface area contributed by atoms with Crippen LogP contribution in [0.25, 0.3) is 0 Å². The van der Waals surface area contributed by atoms with Gasteiger partial charge in [-0.3, -0.25) is 0 Å². The van der Waals surface area contributed by atoms with Gasteiger partial charge in [0.15, 0.2) is 6.29 Å². The summed E-state index contributed by atoms with van der Waals surface area (Å²) in [6.07, 6.45) is 0.849. The second kappa shape index (κ2) is 7.43. The average molecular weight is 237 g/mol. The van der Waals surface area contributed by atoms with Gasteiger partial charge in [-0.05, 0) is 31.4 Å². The summed E-state index contributed by atoms with van der Waals surface area (Å²) in [6, 6.07) is 8.89. The Morgan fingerprint density at radius 1 is 1.18 bits per heavy atom. The zero-order valence-electron chi connectivity index (χ0n) is 11.2. The molecule has 0 bridgehead atoms. The van der Waals surface area contributed by atoms with Crippen LogP contribution >= 0.6 is 0 Å². The molecule has 0 aliphatic heterocycles. The molecular formula is C14H23NO2. The smallest absolute Gasteiger partial charge is 0.169 e. The molecule has 0 fully saturated rings. The number of hydrogen-bond acceptors (Lipinski definition) is 3. The first-order valence-corrected chi connectivity index (χ1v) is 6.00. The van der Waals surface area contributed by atoms with Gasteiger partial charge in [0.2, 0.25) is 0 Å². The van der Waals surface area contributed by atoms with Crippen molar-refractivity contribution < 1.29 is 9.47 Å². The largest absolute Gasteiger partial charge is 0.355 e. The molecule has 0 spiro atoms. The van der Waals surface area contributed by atoms with Crippen LogP contribution in [0.4, 0.5) is 0 Å². The highest BCUT2D eigenvalue weighted by molar-refractivity contribution is 5.26. The van der Waals surface area contributed by atoms with Crippen molar-refractivity contribution in [1.82, 2.24) is 5.32 Å². The summed E-state index contributed by atoms with van der Waals surface area (Å²) in [7, 11) is 3.31. The lowest BCUT2D eigenvalue weighted by Gasteiger charge is -2.19. The van der Waals surface area contributed by atoms with Gasteiger partial charge in [0.25, 0.3) is 0 Å². The molecule has 0 amide bonds. The number of ether oxygens (including phenoxy) is 2. The van der Waals surface area contributed by atoms with Gasteiger partial charge in [-0.15, -0.1) is 0 Å². The predicted molar refractivity (Wildman–Crippen MR) is 70.2 cm³/mol. The van der Waals surface area contributed by atoms with Gasteiger partial charge >= 0.3 is 0 Å². The van der Waals surface area contributed by atoms with E-state index >= 15 is 0 Å². The van der Waals surface area contributed by atoms with E-state index in [1.54, 1.807) is 14.2 Å². The van der Waals surface area contributed by atoms with Crippen LogP contribution in [-0.4, -0.2) is 33.1 Å². The molecule has 1 aromatic carbocycles. The van der Waals surface area contributed by atoms with Crippen LogP contribution in [0.2, 0.25) is 0 Å². The molecule has 0 aromatic heterocycles. The summed E-state index contributed by atoms with van der Waals surface area (Å²) in [5, 5.41) is 3.41. The molecule has 0 aliphatic rings. The minimum atomic E-state index is -0.172. The summed E-state index contributed by atoms with van der Waals surface area (Å²) in [4.78, 5) is 0. The summed E-state index contributed by atoms with van der Waals surface area (Å²) < 4.78 is 10.3. The van der Waals surface area contributed by atoms with Crippen molar-refractivity contribution >= 4 is 0 Å². The lowest BCUT2D eigenvalue weighted by Crippen LogP contribution is -2.36. The van der Waals surface area contributed by atoms with E-state index < -0.39 is 0 Å². The predicted octanol–water partition coefficient (Wildman–Crippen LogP) is 2.13. The molecule has 0 aliphatic carbocycles. The van der Waals surface area contributed by atoms with Crippen LogP contribution in [-0.2, 0) is 15.9 Å². The zero-order valence-corrected chi connectivity index (χ0v) is 11.2. The van der Waals surface area contributed by atoms with Gasteiger partial charge < -0.3 is 14.8 Å². The number of nitrogens with one attached hydrogen (secondary N) is 1. The normalized spacial score (nSPS) is 13.0. The number of benzene rings is 1. The fraction of sp³-hybridized carbons (Fsp3) is 0.571. The lowest BCUT2D eigenvalue weighted by atomic mass is 10.0. The molecule has 17 heavy (non-hydrogen) atoms. The van der Waals surface area contributed by atoms with E-state index in [9.17, 15) is 0 Å². The highest BCUT2D eigenvalue weighted by Gasteiger charge is 2.09. The van der Waals surface area contributed by atoms with E-state index in [0.717, 1.165) is 6.42 Å². The molecule has 0 saturated carbocycles. The third-order valence-corrected chi connectivity index (χ3v) is 2.95. The highest BCUT2D eigenvalue weighted by atomic mass is 16.7. The summed E-state index contributed by atoms with van der Waals surface area (Å²) >= 11 is 0. The maximum absolute atomic E-state index is 5.14. The van der Waals surface area contributed by atoms with Crippen molar-refractivity contribution in [3.63, 3.8) is 0 Å². The van der Waals surface area contributed by atoms with Gasteiger partial charge in [-0.1, -0.05) is 24.3 Å². The molecular weight excluding hydrogens is 214 g/mol. The Labute approximate surface area is 104 Å². The van der Waals surface area contributed by atoms with Crippen LogP contribution in [0, 0.1) is 6.92 Å². The Bertz CT molecular complexity index is 324. The van der Waals surface area contributed by atoms with E-state index in [0.29, 0.717) is 12.6 Å². The fourth-order valence-electron chi connectivity index (χ4n) is 1.80. The molecule has 1 unspecified atom stereocenters. The molecule has 1 aromatic rings. The zero-order chi connectivity index (χ0) is 12.7. The van der Waals surface area contributed by atoms with Crippen molar-refractivity contribution in [2.24, 2.45) is 0 Å². The SMILES string of the molecule is COC(CNC(C)Cc1ccccc1C)OC. The molecule has 3 nitrogen and oxygen atoms in total. The second-order valence-electron chi connectivity index (χ2n) is 4.34. The van der Waals surface area contributed by atoms with E-state index in [-0.39, 0.29) is 6.29 Å². The molecule has 0 radical (unpaired) electrons. The Balaban J connectivity index is 2.39. The fourth-order valence-corrected chi connectivity index (χ4v) is 1.80. The van der Waals surface area contributed by atoms with Gasteiger partial charge in [0.05, 0.1) is 0 Å². The Hall–Kier alpha value is -0.900. The van der Waals surface area contributed by atoms with Crippen LogP contribution in [0.1, 0.15) is 18.1 Å². The van der Waals surface area contributed by atoms with Crippen LogP contribution in [0.15, 0.2) is 24.3 Å². The quantitative estimate of drug-likeness (QED) is 0.737. The lowest BCUT2D eigenvalue weighted by molar-refractivity contribution is -0.0996. The molecule has 1 N–H and O–H groups in total. The first-order chi connectivity index (χ1) is 8.17. The molecule has 1 rings (SSSR count). The number of rotatable bonds is 7. The van der Waals surface area contributed by atoms with Gasteiger partial charge in [0.1, 0.15) is 0 Å². The number of methoxy groups -OCH3 is 2. The Kier molecular flexibility index (Phi) is 6.19. The summed E-state index contributed by atoms with van der Waals surface area (Å²) in [6.45, 7) is 5.03.